The summed E-state index contributed by atoms with van der Waals surface area (Å²) in [7, 11) is 2.34. The Morgan fingerprint density at radius 2 is 1.86 bits per heavy atom. The fourth-order valence-corrected chi connectivity index (χ4v) is 3.22. The molecule has 2 rings (SSSR count). The molecule has 0 fully saturated rings. The van der Waals surface area contributed by atoms with Crippen LogP contribution in [0.25, 0.3) is 10.2 Å². The van der Waals surface area contributed by atoms with E-state index in [9.17, 15) is 14.4 Å². The number of hydrogen-bond acceptors (Lipinski definition) is 7. The van der Waals surface area contributed by atoms with Gasteiger partial charge in [-0.25, -0.2) is 14.6 Å². The standard InChI is InChI=1S/C14H14N2O5S/c1-6-5-7(2)15-12-8(6)9(10(22-12)13(18)20-3)16-11(17)14(19)21-4/h5H,1-4H3,(H,16,17). The Morgan fingerprint density at radius 1 is 1.18 bits per heavy atom. The number of nitrogens with one attached hydrogen (secondary N) is 1. The zero-order valence-electron chi connectivity index (χ0n) is 12.5. The van der Waals surface area contributed by atoms with Crippen LogP contribution in [0.2, 0.25) is 0 Å². The summed E-state index contributed by atoms with van der Waals surface area (Å²) in [5, 5.41) is 3.02. The van der Waals surface area contributed by atoms with Crippen molar-refractivity contribution in [2.24, 2.45) is 0 Å². The van der Waals surface area contributed by atoms with Gasteiger partial charge in [0.2, 0.25) is 0 Å². The topological polar surface area (TPSA) is 94.6 Å². The minimum absolute atomic E-state index is 0.177. The van der Waals surface area contributed by atoms with E-state index in [1.54, 1.807) is 0 Å². The molecule has 0 aliphatic rings. The number of carbonyl (C=O) groups excluding carboxylic acids is 3. The van der Waals surface area contributed by atoms with E-state index < -0.39 is 17.8 Å². The van der Waals surface area contributed by atoms with Crippen LogP contribution < -0.4 is 5.32 Å². The molecule has 0 unspecified atom stereocenters. The lowest BCUT2D eigenvalue weighted by Gasteiger charge is -2.06. The molecular formula is C14H14N2O5S. The van der Waals surface area contributed by atoms with Crippen molar-refractivity contribution in [1.82, 2.24) is 4.98 Å². The van der Waals surface area contributed by atoms with Gasteiger partial charge in [-0.2, -0.15) is 0 Å². The molecule has 7 nitrogen and oxygen atoms in total. The van der Waals surface area contributed by atoms with Crippen LogP contribution in [0, 0.1) is 13.8 Å². The van der Waals surface area contributed by atoms with Crippen LogP contribution in [0.5, 0.6) is 0 Å². The van der Waals surface area contributed by atoms with Gasteiger partial charge in [0.15, 0.2) is 0 Å². The Balaban J connectivity index is 2.65. The van der Waals surface area contributed by atoms with Gasteiger partial charge >= 0.3 is 17.8 Å². The molecule has 2 aromatic heterocycles. The molecule has 2 aromatic rings. The number of carbonyl (C=O) groups is 3. The zero-order chi connectivity index (χ0) is 16.4. The van der Waals surface area contributed by atoms with Gasteiger partial charge in [-0.05, 0) is 25.5 Å². The summed E-state index contributed by atoms with van der Waals surface area (Å²) in [6, 6.07) is 1.82. The number of anilines is 1. The first-order valence-electron chi connectivity index (χ1n) is 6.27. The first-order chi connectivity index (χ1) is 10.4. The second-order valence-corrected chi connectivity index (χ2v) is 5.50. The van der Waals surface area contributed by atoms with E-state index in [-0.39, 0.29) is 10.6 Å². The van der Waals surface area contributed by atoms with E-state index in [0.29, 0.717) is 10.2 Å². The first-order valence-corrected chi connectivity index (χ1v) is 7.09. The smallest absolute Gasteiger partial charge is 0.396 e. The van der Waals surface area contributed by atoms with Gasteiger partial charge < -0.3 is 14.8 Å². The largest absolute Gasteiger partial charge is 0.465 e. The first kappa shape index (κ1) is 15.9. The highest BCUT2D eigenvalue weighted by Crippen LogP contribution is 2.37. The third kappa shape index (κ3) is 2.77. The van der Waals surface area contributed by atoms with Crippen molar-refractivity contribution in [3.05, 3.63) is 22.2 Å². The van der Waals surface area contributed by atoms with Gasteiger partial charge in [0.25, 0.3) is 0 Å². The molecule has 2 heterocycles. The number of ether oxygens (including phenoxy) is 2. The van der Waals surface area contributed by atoms with Crippen molar-refractivity contribution >= 4 is 45.1 Å². The van der Waals surface area contributed by atoms with Crippen molar-refractivity contribution in [1.29, 1.82) is 0 Å². The lowest BCUT2D eigenvalue weighted by atomic mass is 10.1. The molecule has 0 atom stereocenters. The molecule has 0 aliphatic heterocycles. The van der Waals surface area contributed by atoms with Gasteiger partial charge in [0.05, 0.1) is 19.9 Å². The highest BCUT2D eigenvalue weighted by Gasteiger charge is 2.25. The molecule has 0 saturated heterocycles. The average Bonchev–Trinajstić information content (AvgIpc) is 2.83. The summed E-state index contributed by atoms with van der Waals surface area (Å²) < 4.78 is 9.09. The van der Waals surface area contributed by atoms with E-state index in [1.165, 1.54) is 7.11 Å². The van der Waals surface area contributed by atoms with Crippen LogP contribution in [0.1, 0.15) is 20.9 Å². The van der Waals surface area contributed by atoms with E-state index in [0.717, 1.165) is 29.7 Å². The number of nitrogens with zero attached hydrogens (tertiary/aromatic N) is 1. The summed E-state index contributed by atoms with van der Waals surface area (Å²) in [4.78, 5) is 40.1. The average molecular weight is 322 g/mol. The number of aryl methyl sites for hydroxylation is 2. The Kier molecular flexibility index (Phi) is 4.41. The van der Waals surface area contributed by atoms with Crippen molar-refractivity contribution < 1.29 is 23.9 Å². The number of thiophene rings is 1. The van der Waals surface area contributed by atoms with Gasteiger partial charge in [-0.3, -0.25) is 4.79 Å². The molecule has 0 radical (unpaired) electrons. The third-order valence-corrected chi connectivity index (χ3v) is 4.03. The predicted molar refractivity (Wildman–Crippen MR) is 81.1 cm³/mol. The number of rotatable bonds is 2. The monoisotopic (exact) mass is 322 g/mol. The number of pyridine rings is 1. The maximum Gasteiger partial charge on any atom is 0.396 e. The number of hydrogen-bond donors (Lipinski definition) is 1. The van der Waals surface area contributed by atoms with Crippen LogP contribution in [-0.4, -0.2) is 37.0 Å². The van der Waals surface area contributed by atoms with Crippen molar-refractivity contribution in [2.45, 2.75) is 13.8 Å². The van der Waals surface area contributed by atoms with Crippen molar-refractivity contribution in [2.75, 3.05) is 19.5 Å². The molecule has 22 heavy (non-hydrogen) atoms. The Bertz CT molecular complexity index is 781. The van der Waals surface area contributed by atoms with Gasteiger partial charge in [-0.1, -0.05) is 0 Å². The minimum atomic E-state index is -1.05. The van der Waals surface area contributed by atoms with Crippen molar-refractivity contribution in [3.8, 4) is 0 Å². The highest BCUT2D eigenvalue weighted by atomic mass is 32.1. The van der Waals surface area contributed by atoms with Crippen molar-refractivity contribution in [3.63, 3.8) is 0 Å². The van der Waals surface area contributed by atoms with E-state index >= 15 is 0 Å². The second kappa shape index (κ2) is 6.10. The van der Waals surface area contributed by atoms with Gasteiger partial charge in [0.1, 0.15) is 9.71 Å². The number of amides is 1. The SMILES string of the molecule is COC(=O)C(=O)Nc1c(C(=O)OC)sc2nc(C)cc(C)c12. The fraction of sp³-hybridized carbons (Fsp3) is 0.286. The maximum absolute atomic E-state index is 11.9. The summed E-state index contributed by atoms with van der Waals surface area (Å²) in [6.07, 6.45) is 0. The molecule has 0 saturated carbocycles. The lowest BCUT2D eigenvalue weighted by molar-refractivity contribution is -0.150. The van der Waals surface area contributed by atoms with E-state index in [4.69, 9.17) is 4.74 Å². The number of fused-ring (bicyclic) bond motifs is 1. The molecular weight excluding hydrogens is 308 g/mol. The molecule has 1 amide bonds. The quantitative estimate of drug-likeness (QED) is 0.669. The normalized spacial score (nSPS) is 10.4. The van der Waals surface area contributed by atoms with Crippen LogP contribution in [0.4, 0.5) is 5.69 Å². The number of esters is 2. The summed E-state index contributed by atoms with van der Waals surface area (Å²) in [5.41, 5.74) is 1.83. The van der Waals surface area contributed by atoms with Crippen LogP contribution >= 0.6 is 11.3 Å². The maximum atomic E-state index is 11.9. The van der Waals surface area contributed by atoms with Crippen LogP contribution in [0.3, 0.4) is 0 Å². The Hall–Kier alpha value is -2.48. The fourth-order valence-electron chi connectivity index (χ4n) is 2.05. The summed E-state index contributed by atoms with van der Waals surface area (Å²) in [6.45, 7) is 3.66. The third-order valence-electron chi connectivity index (χ3n) is 2.97. The Morgan fingerprint density at radius 3 is 2.45 bits per heavy atom. The van der Waals surface area contributed by atoms with Crippen LogP contribution in [-0.2, 0) is 19.1 Å². The van der Waals surface area contributed by atoms with Gasteiger partial charge in [0, 0.05) is 11.1 Å². The molecule has 1 N–H and O–H groups in total. The lowest BCUT2D eigenvalue weighted by Crippen LogP contribution is -2.24. The molecule has 0 aromatic carbocycles. The van der Waals surface area contributed by atoms with Crippen LogP contribution in [0.15, 0.2) is 6.07 Å². The molecule has 116 valence electrons. The predicted octanol–water partition coefficient (Wildman–Crippen LogP) is 1.81. The summed E-state index contributed by atoms with van der Waals surface area (Å²) in [5.74, 6) is -2.62. The zero-order valence-corrected chi connectivity index (χ0v) is 13.3. The number of methoxy groups -OCH3 is 2. The Labute approximate surface area is 130 Å². The van der Waals surface area contributed by atoms with Gasteiger partial charge in [-0.15, -0.1) is 11.3 Å². The summed E-state index contributed by atoms with van der Waals surface area (Å²) >= 11 is 1.09. The number of aromatic nitrogens is 1. The molecule has 0 aliphatic carbocycles. The van der Waals surface area contributed by atoms with E-state index in [2.05, 4.69) is 15.0 Å². The molecule has 0 spiro atoms. The highest BCUT2D eigenvalue weighted by molar-refractivity contribution is 7.21. The molecule has 0 bridgehead atoms. The van der Waals surface area contributed by atoms with E-state index in [1.807, 2.05) is 19.9 Å². The second-order valence-electron chi connectivity index (χ2n) is 4.50. The molecule has 8 heteroatoms. The minimum Gasteiger partial charge on any atom is -0.465 e.